The Morgan fingerprint density at radius 1 is 0.963 bits per heavy atom. The minimum absolute atomic E-state index is 0.152. The van der Waals surface area contributed by atoms with E-state index in [0.717, 1.165) is 29.7 Å². The smallest absolute Gasteiger partial charge is 0.205 e. The second-order valence-electron chi connectivity index (χ2n) is 6.54. The van der Waals surface area contributed by atoms with Crippen molar-refractivity contribution in [2.24, 2.45) is 5.92 Å². The van der Waals surface area contributed by atoms with Crippen LogP contribution in [0.5, 0.6) is 0 Å². The number of rotatable bonds is 6. The minimum Gasteiger partial charge on any atom is -0.374 e. The van der Waals surface area contributed by atoms with Gasteiger partial charge in [0.15, 0.2) is 0 Å². The van der Waals surface area contributed by atoms with E-state index in [0.29, 0.717) is 11.7 Å². The number of aromatic amines is 1. The fraction of sp³-hybridized carbons (Fsp3) is 0.227. The van der Waals surface area contributed by atoms with E-state index in [4.69, 9.17) is 4.74 Å². The molecule has 0 aliphatic heterocycles. The molecule has 1 heterocycles. The van der Waals surface area contributed by atoms with Gasteiger partial charge in [0.2, 0.25) is 5.82 Å². The first-order valence-corrected chi connectivity index (χ1v) is 9.24. The van der Waals surface area contributed by atoms with Crippen LogP contribution in [0.3, 0.4) is 0 Å². The van der Waals surface area contributed by atoms with Crippen molar-refractivity contribution in [3.8, 4) is 22.5 Å². The van der Waals surface area contributed by atoms with Gasteiger partial charge in [-0.15, -0.1) is 10.2 Å². The van der Waals surface area contributed by atoms with Gasteiger partial charge in [0.1, 0.15) is 0 Å². The van der Waals surface area contributed by atoms with Crippen molar-refractivity contribution in [2.45, 2.75) is 19.4 Å². The fourth-order valence-corrected chi connectivity index (χ4v) is 3.49. The molecule has 1 aliphatic carbocycles. The average Bonchev–Trinajstić information content (AvgIpc) is 3.25. The summed E-state index contributed by atoms with van der Waals surface area (Å²) in [6.07, 6.45) is 9.66. The number of ether oxygens (including phenoxy) is 1. The van der Waals surface area contributed by atoms with Crippen LogP contribution in [0, 0.1) is 5.92 Å². The highest BCUT2D eigenvalue weighted by atomic mass is 16.5. The molecule has 0 bridgehead atoms. The van der Waals surface area contributed by atoms with Gasteiger partial charge in [0.25, 0.3) is 0 Å². The van der Waals surface area contributed by atoms with Gasteiger partial charge in [-0.1, -0.05) is 72.8 Å². The van der Waals surface area contributed by atoms with Crippen molar-refractivity contribution in [1.82, 2.24) is 20.6 Å². The summed E-state index contributed by atoms with van der Waals surface area (Å²) in [6.45, 7) is 2.77. The Balaban J connectivity index is 1.55. The summed E-state index contributed by atoms with van der Waals surface area (Å²) in [6, 6.07) is 16.8. The average molecular weight is 358 g/mol. The van der Waals surface area contributed by atoms with Gasteiger partial charge >= 0.3 is 0 Å². The van der Waals surface area contributed by atoms with E-state index in [1.807, 2.05) is 25.1 Å². The normalized spacial score (nSPS) is 18.7. The van der Waals surface area contributed by atoms with Crippen LogP contribution in [0.1, 0.15) is 12.5 Å². The molecule has 2 unspecified atom stereocenters. The van der Waals surface area contributed by atoms with E-state index in [1.54, 1.807) is 0 Å². The summed E-state index contributed by atoms with van der Waals surface area (Å²) in [5.41, 5.74) is 4.50. The first-order chi connectivity index (χ1) is 13.3. The Bertz CT molecular complexity index is 929. The Labute approximate surface area is 158 Å². The van der Waals surface area contributed by atoms with Crippen LogP contribution < -0.4 is 0 Å². The highest BCUT2D eigenvalue weighted by molar-refractivity contribution is 5.80. The summed E-state index contributed by atoms with van der Waals surface area (Å²) >= 11 is 0. The second-order valence-corrected chi connectivity index (χ2v) is 6.54. The number of tetrazole rings is 1. The molecule has 27 heavy (non-hydrogen) atoms. The van der Waals surface area contributed by atoms with Gasteiger partial charge in [0.05, 0.1) is 6.10 Å². The Kier molecular flexibility index (Phi) is 5.21. The molecule has 0 saturated heterocycles. The maximum Gasteiger partial charge on any atom is 0.205 e. The lowest BCUT2D eigenvalue weighted by Crippen LogP contribution is -2.24. The van der Waals surface area contributed by atoms with E-state index >= 15 is 0 Å². The quantitative estimate of drug-likeness (QED) is 0.716. The molecule has 3 aromatic rings. The van der Waals surface area contributed by atoms with Gasteiger partial charge in [-0.25, -0.2) is 0 Å². The molecule has 0 radical (unpaired) electrons. The molecule has 5 nitrogen and oxygen atoms in total. The standard InChI is InChI=1S/C22H22N4O/c1-2-27-21-10-6-3-7-18(21)15-16-11-13-17(14-12-16)19-8-4-5-9-20(19)22-23-25-26-24-22/h3-14,18,21H,2,15H2,1H3,(H,23,24,25,26). The van der Waals surface area contributed by atoms with E-state index in [1.165, 1.54) is 5.56 Å². The number of allylic oxidation sites excluding steroid dienone is 2. The van der Waals surface area contributed by atoms with Crippen molar-refractivity contribution in [3.63, 3.8) is 0 Å². The summed E-state index contributed by atoms with van der Waals surface area (Å²) in [5.74, 6) is 0.973. The highest BCUT2D eigenvalue weighted by Gasteiger charge is 2.19. The van der Waals surface area contributed by atoms with Crippen LogP contribution in [0.2, 0.25) is 0 Å². The van der Waals surface area contributed by atoms with Crippen molar-refractivity contribution in [1.29, 1.82) is 0 Å². The van der Waals surface area contributed by atoms with Crippen LogP contribution in [0.25, 0.3) is 22.5 Å². The molecular weight excluding hydrogens is 336 g/mol. The monoisotopic (exact) mass is 358 g/mol. The highest BCUT2D eigenvalue weighted by Crippen LogP contribution is 2.30. The van der Waals surface area contributed by atoms with E-state index in [-0.39, 0.29) is 6.10 Å². The third-order valence-electron chi connectivity index (χ3n) is 4.80. The van der Waals surface area contributed by atoms with Crippen molar-refractivity contribution in [3.05, 3.63) is 78.4 Å². The lowest BCUT2D eigenvalue weighted by molar-refractivity contribution is 0.0667. The lowest BCUT2D eigenvalue weighted by Gasteiger charge is -2.24. The molecule has 0 fully saturated rings. The summed E-state index contributed by atoms with van der Waals surface area (Å²) in [4.78, 5) is 0. The number of aromatic nitrogens is 4. The van der Waals surface area contributed by atoms with Gasteiger partial charge in [-0.2, -0.15) is 5.21 Å². The number of hydrogen-bond donors (Lipinski definition) is 1. The van der Waals surface area contributed by atoms with Crippen LogP contribution in [0.4, 0.5) is 0 Å². The molecule has 1 aromatic heterocycles. The van der Waals surface area contributed by atoms with Crippen LogP contribution in [-0.4, -0.2) is 33.3 Å². The maximum absolute atomic E-state index is 5.86. The molecule has 4 rings (SSSR count). The predicted octanol–water partition coefficient (Wildman–Crippen LogP) is 4.22. The van der Waals surface area contributed by atoms with E-state index < -0.39 is 0 Å². The van der Waals surface area contributed by atoms with Gasteiger partial charge < -0.3 is 4.74 Å². The topological polar surface area (TPSA) is 63.7 Å². The van der Waals surface area contributed by atoms with Crippen molar-refractivity contribution in [2.75, 3.05) is 6.61 Å². The zero-order valence-corrected chi connectivity index (χ0v) is 15.2. The minimum atomic E-state index is 0.152. The Morgan fingerprint density at radius 3 is 2.48 bits per heavy atom. The molecule has 2 aromatic carbocycles. The molecule has 0 amide bonds. The number of nitrogens with one attached hydrogen (secondary N) is 1. The van der Waals surface area contributed by atoms with Crippen molar-refractivity contribution >= 4 is 0 Å². The molecule has 136 valence electrons. The van der Waals surface area contributed by atoms with Crippen molar-refractivity contribution < 1.29 is 4.74 Å². The molecule has 0 spiro atoms. The third-order valence-corrected chi connectivity index (χ3v) is 4.80. The SMILES string of the molecule is CCOC1C=CC=CC1Cc1ccc(-c2ccccc2-c2nn[nH]n2)cc1. The number of H-pyrrole nitrogens is 1. The summed E-state index contributed by atoms with van der Waals surface area (Å²) < 4.78 is 5.86. The summed E-state index contributed by atoms with van der Waals surface area (Å²) in [5, 5.41) is 14.4. The lowest BCUT2D eigenvalue weighted by atomic mass is 9.89. The number of hydrogen-bond acceptors (Lipinski definition) is 4. The molecule has 1 N–H and O–H groups in total. The predicted molar refractivity (Wildman–Crippen MR) is 106 cm³/mol. The van der Waals surface area contributed by atoms with Crippen LogP contribution in [0.15, 0.2) is 72.8 Å². The zero-order chi connectivity index (χ0) is 18.5. The molecule has 5 heteroatoms. The van der Waals surface area contributed by atoms with E-state index in [2.05, 4.69) is 75.3 Å². The summed E-state index contributed by atoms with van der Waals surface area (Å²) in [7, 11) is 0. The fourth-order valence-electron chi connectivity index (χ4n) is 3.49. The Morgan fingerprint density at radius 2 is 1.74 bits per heavy atom. The molecular formula is C22H22N4O. The largest absolute Gasteiger partial charge is 0.374 e. The first-order valence-electron chi connectivity index (χ1n) is 9.24. The van der Waals surface area contributed by atoms with Gasteiger partial charge in [-0.3, -0.25) is 0 Å². The molecule has 0 saturated carbocycles. The third kappa shape index (κ3) is 3.88. The van der Waals surface area contributed by atoms with Gasteiger partial charge in [-0.05, 0) is 35.2 Å². The van der Waals surface area contributed by atoms with Crippen LogP contribution in [-0.2, 0) is 11.2 Å². The number of nitrogens with zero attached hydrogens (tertiary/aromatic N) is 3. The zero-order valence-electron chi connectivity index (χ0n) is 15.2. The molecule has 1 aliphatic rings. The second kappa shape index (κ2) is 8.10. The van der Waals surface area contributed by atoms with E-state index in [9.17, 15) is 0 Å². The number of benzene rings is 2. The maximum atomic E-state index is 5.86. The van der Waals surface area contributed by atoms with Crippen LogP contribution >= 0.6 is 0 Å². The first kappa shape index (κ1) is 17.4. The van der Waals surface area contributed by atoms with Gasteiger partial charge in [0, 0.05) is 18.1 Å². The molecule has 2 atom stereocenters. The Hall–Kier alpha value is -3.05.